The van der Waals surface area contributed by atoms with E-state index in [0.29, 0.717) is 0 Å². The highest BCUT2D eigenvalue weighted by Crippen LogP contribution is 2.17. The molecule has 0 radical (unpaired) electrons. The summed E-state index contributed by atoms with van der Waals surface area (Å²) < 4.78 is 0. The SMILES string of the molecule is C=CCCCCCNC1CCCCCC1. The molecule has 1 rings (SSSR count). The third-order valence-electron chi connectivity index (χ3n) is 3.37. The van der Waals surface area contributed by atoms with Crippen molar-refractivity contribution in [3.05, 3.63) is 12.7 Å². The summed E-state index contributed by atoms with van der Waals surface area (Å²) in [4.78, 5) is 0. The standard InChI is InChI=1S/C14H27N/c1-2-3-4-7-10-13-15-14-11-8-5-6-9-12-14/h2,14-15H,1,3-13H2. The van der Waals surface area contributed by atoms with E-state index in [1.54, 1.807) is 0 Å². The first-order valence-corrected chi connectivity index (χ1v) is 6.78. The van der Waals surface area contributed by atoms with Gasteiger partial charge in [-0.2, -0.15) is 0 Å². The van der Waals surface area contributed by atoms with Crippen LogP contribution in [0.25, 0.3) is 0 Å². The van der Waals surface area contributed by atoms with Crippen LogP contribution in [0.5, 0.6) is 0 Å². The molecule has 0 amide bonds. The van der Waals surface area contributed by atoms with Crippen molar-refractivity contribution in [1.82, 2.24) is 5.32 Å². The van der Waals surface area contributed by atoms with Crippen molar-refractivity contribution in [3.8, 4) is 0 Å². The second-order valence-electron chi connectivity index (χ2n) is 4.78. The van der Waals surface area contributed by atoms with Crippen LogP contribution >= 0.6 is 0 Å². The van der Waals surface area contributed by atoms with Crippen molar-refractivity contribution in [2.75, 3.05) is 6.54 Å². The minimum absolute atomic E-state index is 0.826. The summed E-state index contributed by atoms with van der Waals surface area (Å²) in [7, 11) is 0. The lowest BCUT2D eigenvalue weighted by Crippen LogP contribution is -2.29. The Morgan fingerprint density at radius 1 is 1.00 bits per heavy atom. The van der Waals surface area contributed by atoms with Gasteiger partial charge in [0.2, 0.25) is 0 Å². The summed E-state index contributed by atoms with van der Waals surface area (Å²) in [6, 6.07) is 0.826. The molecule has 0 unspecified atom stereocenters. The number of hydrogen-bond donors (Lipinski definition) is 1. The van der Waals surface area contributed by atoms with Crippen molar-refractivity contribution in [1.29, 1.82) is 0 Å². The van der Waals surface area contributed by atoms with Crippen LogP contribution in [0.2, 0.25) is 0 Å². The lowest BCUT2D eigenvalue weighted by molar-refractivity contribution is 0.450. The van der Waals surface area contributed by atoms with Gasteiger partial charge >= 0.3 is 0 Å². The Hall–Kier alpha value is -0.300. The zero-order valence-electron chi connectivity index (χ0n) is 10.1. The lowest BCUT2D eigenvalue weighted by atomic mass is 10.1. The fourth-order valence-electron chi connectivity index (χ4n) is 2.38. The molecule has 0 spiro atoms. The molecule has 0 atom stereocenters. The number of unbranched alkanes of at least 4 members (excludes halogenated alkanes) is 3. The highest BCUT2D eigenvalue weighted by atomic mass is 14.9. The topological polar surface area (TPSA) is 12.0 Å². The van der Waals surface area contributed by atoms with Crippen molar-refractivity contribution in [3.63, 3.8) is 0 Å². The van der Waals surface area contributed by atoms with E-state index in [0.717, 1.165) is 6.04 Å². The Morgan fingerprint density at radius 2 is 1.73 bits per heavy atom. The van der Waals surface area contributed by atoms with Crippen molar-refractivity contribution in [2.45, 2.75) is 70.3 Å². The minimum Gasteiger partial charge on any atom is -0.314 e. The maximum absolute atomic E-state index is 3.75. The number of allylic oxidation sites excluding steroid dienone is 1. The normalized spacial score (nSPS) is 18.7. The van der Waals surface area contributed by atoms with Gasteiger partial charge in [-0.25, -0.2) is 0 Å². The first-order valence-electron chi connectivity index (χ1n) is 6.78. The zero-order valence-corrected chi connectivity index (χ0v) is 10.1. The van der Waals surface area contributed by atoms with Gasteiger partial charge < -0.3 is 5.32 Å². The van der Waals surface area contributed by atoms with Gasteiger partial charge in [-0.05, 0) is 38.6 Å². The summed E-state index contributed by atoms with van der Waals surface area (Å²) in [6.45, 7) is 4.97. The predicted molar refractivity (Wildman–Crippen MR) is 68.2 cm³/mol. The molecule has 1 N–H and O–H groups in total. The van der Waals surface area contributed by atoms with Crippen LogP contribution in [0.1, 0.15) is 64.2 Å². The molecule has 0 aromatic carbocycles. The van der Waals surface area contributed by atoms with Crippen LogP contribution in [0.15, 0.2) is 12.7 Å². The van der Waals surface area contributed by atoms with E-state index in [9.17, 15) is 0 Å². The highest BCUT2D eigenvalue weighted by molar-refractivity contribution is 4.70. The van der Waals surface area contributed by atoms with Gasteiger partial charge in [-0.3, -0.25) is 0 Å². The van der Waals surface area contributed by atoms with Crippen molar-refractivity contribution in [2.24, 2.45) is 0 Å². The fourth-order valence-corrected chi connectivity index (χ4v) is 2.38. The Bertz CT molecular complexity index is 145. The van der Waals surface area contributed by atoms with Crippen LogP contribution < -0.4 is 5.32 Å². The zero-order chi connectivity index (χ0) is 10.8. The Balaban J connectivity index is 1.91. The van der Waals surface area contributed by atoms with Crippen LogP contribution in [-0.4, -0.2) is 12.6 Å². The maximum atomic E-state index is 3.75. The van der Waals surface area contributed by atoms with Gasteiger partial charge in [-0.15, -0.1) is 6.58 Å². The van der Waals surface area contributed by atoms with Crippen LogP contribution in [0, 0.1) is 0 Å². The van der Waals surface area contributed by atoms with Gasteiger partial charge in [0.05, 0.1) is 0 Å². The minimum atomic E-state index is 0.826. The second kappa shape index (κ2) is 8.96. The first kappa shape index (κ1) is 12.8. The second-order valence-corrected chi connectivity index (χ2v) is 4.78. The van der Waals surface area contributed by atoms with Crippen LogP contribution in [-0.2, 0) is 0 Å². The molecule has 1 fully saturated rings. The molecule has 15 heavy (non-hydrogen) atoms. The van der Waals surface area contributed by atoms with Crippen molar-refractivity contribution >= 4 is 0 Å². The molecule has 1 heteroatoms. The first-order chi connectivity index (χ1) is 7.43. The van der Waals surface area contributed by atoms with E-state index >= 15 is 0 Å². The summed E-state index contributed by atoms with van der Waals surface area (Å²) in [5, 5.41) is 3.71. The smallest absolute Gasteiger partial charge is 0.00670 e. The van der Waals surface area contributed by atoms with Crippen LogP contribution in [0.3, 0.4) is 0 Å². The molecule has 0 heterocycles. The molecule has 0 bridgehead atoms. The number of hydrogen-bond acceptors (Lipinski definition) is 1. The average Bonchev–Trinajstić information content (AvgIpc) is 2.52. The summed E-state index contributed by atoms with van der Waals surface area (Å²) in [6.07, 6.45) is 15.8. The molecule has 1 nitrogen and oxygen atoms in total. The van der Waals surface area contributed by atoms with Crippen LogP contribution in [0.4, 0.5) is 0 Å². The molecule has 0 aliphatic heterocycles. The van der Waals surface area contributed by atoms with E-state index in [1.165, 1.54) is 70.8 Å². The predicted octanol–water partition coefficient (Wildman–Crippen LogP) is 4.05. The van der Waals surface area contributed by atoms with Gasteiger partial charge in [0.15, 0.2) is 0 Å². The lowest BCUT2D eigenvalue weighted by Gasteiger charge is -2.15. The fraction of sp³-hybridized carbons (Fsp3) is 0.857. The highest BCUT2D eigenvalue weighted by Gasteiger charge is 2.10. The maximum Gasteiger partial charge on any atom is 0.00670 e. The monoisotopic (exact) mass is 209 g/mol. The number of nitrogens with one attached hydrogen (secondary N) is 1. The summed E-state index contributed by atoms with van der Waals surface area (Å²) in [5.74, 6) is 0. The quantitative estimate of drug-likeness (QED) is 0.379. The molecular weight excluding hydrogens is 182 g/mol. The molecule has 0 aromatic rings. The molecule has 88 valence electrons. The van der Waals surface area contributed by atoms with Crippen molar-refractivity contribution < 1.29 is 0 Å². The Morgan fingerprint density at radius 3 is 2.40 bits per heavy atom. The Labute approximate surface area is 95.3 Å². The molecule has 1 aliphatic carbocycles. The Kier molecular flexibility index (Phi) is 7.63. The van der Waals surface area contributed by atoms with E-state index in [4.69, 9.17) is 0 Å². The molecule has 0 saturated heterocycles. The van der Waals surface area contributed by atoms with E-state index < -0.39 is 0 Å². The summed E-state index contributed by atoms with van der Waals surface area (Å²) >= 11 is 0. The van der Waals surface area contributed by atoms with Gasteiger partial charge in [-0.1, -0.05) is 38.2 Å². The average molecular weight is 209 g/mol. The summed E-state index contributed by atoms with van der Waals surface area (Å²) in [5.41, 5.74) is 0. The third-order valence-corrected chi connectivity index (χ3v) is 3.37. The molecule has 1 saturated carbocycles. The molecule has 1 aliphatic rings. The number of rotatable bonds is 7. The van der Waals surface area contributed by atoms with E-state index in [1.807, 2.05) is 6.08 Å². The van der Waals surface area contributed by atoms with Gasteiger partial charge in [0, 0.05) is 6.04 Å². The van der Waals surface area contributed by atoms with Gasteiger partial charge in [0.25, 0.3) is 0 Å². The van der Waals surface area contributed by atoms with E-state index in [2.05, 4.69) is 11.9 Å². The van der Waals surface area contributed by atoms with E-state index in [-0.39, 0.29) is 0 Å². The molecular formula is C14H27N. The third kappa shape index (κ3) is 6.72. The molecule has 0 aromatic heterocycles. The largest absolute Gasteiger partial charge is 0.314 e. The van der Waals surface area contributed by atoms with Gasteiger partial charge in [0.1, 0.15) is 0 Å².